The number of halogens is 2. The fourth-order valence-corrected chi connectivity index (χ4v) is 1.82. The van der Waals surface area contributed by atoms with Crippen molar-refractivity contribution in [3.8, 4) is 0 Å². The number of fused-ring (bicyclic) bond motifs is 1. The summed E-state index contributed by atoms with van der Waals surface area (Å²) in [6.07, 6.45) is 1.73. The van der Waals surface area contributed by atoms with Gasteiger partial charge in [0.2, 0.25) is 0 Å². The van der Waals surface area contributed by atoms with Gasteiger partial charge in [0.25, 0.3) is 0 Å². The van der Waals surface area contributed by atoms with Crippen LogP contribution in [0.25, 0.3) is 11.0 Å². The predicted molar refractivity (Wildman–Crippen MR) is 54.3 cm³/mol. The van der Waals surface area contributed by atoms with Crippen molar-refractivity contribution in [1.29, 1.82) is 0 Å². The number of hydrogen-bond donors (Lipinski definition) is 1. The Bertz CT molecular complexity index is 398. The van der Waals surface area contributed by atoms with Gasteiger partial charge in [0.15, 0.2) is 3.83 Å². The second-order valence-corrected chi connectivity index (χ2v) is 3.80. The van der Waals surface area contributed by atoms with Crippen LogP contribution in [0.5, 0.6) is 0 Å². The van der Waals surface area contributed by atoms with E-state index < -0.39 is 0 Å². The number of nitrogens with one attached hydrogen (secondary N) is 1. The van der Waals surface area contributed by atoms with E-state index in [0.717, 1.165) is 19.5 Å². The summed E-state index contributed by atoms with van der Waals surface area (Å²) >= 11 is 5.46. The highest BCUT2D eigenvalue weighted by atomic mass is 127. The summed E-state index contributed by atoms with van der Waals surface area (Å²) in [5.74, 6) is 0. The lowest BCUT2D eigenvalue weighted by Crippen LogP contribution is -1.75. The van der Waals surface area contributed by atoms with Crippen LogP contribution >= 0.6 is 38.5 Å². The molecule has 3 nitrogen and oxygen atoms in total. The highest BCUT2D eigenvalue weighted by Crippen LogP contribution is 2.19. The summed E-state index contributed by atoms with van der Waals surface area (Å²) in [5.41, 5.74) is 1.90. The Kier molecular flexibility index (Phi) is 1.84. The van der Waals surface area contributed by atoms with E-state index in [-0.39, 0.29) is 0 Å². The topological polar surface area (TPSA) is 41.6 Å². The smallest absolute Gasteiger partial charge is 0.169 e. The normalized spacial score (nSPS) is 10.7. The Labute approximate surface area is 84.9 Å². The standard InChI is InChI=1S/C6H3BrIN3/c7-5-4-3(1-2-9-5)10-6(8)11-4/h1-2H,(H,10,11). The monoisotopic (exact) mass is 323 g/mol. The molecular weight excluding hydrogens is 321 g/mol. The van der Waals surface area contributed by atoms with Gasteiger partial charge in [0.05, 0.1) is 11.0 Å². The van der Waals surface area contributed by atoms with Gasteiger partial charge in [-0.25, -0.2) is 9.97 Å². The zero-order valence-corrected chi connectivity index (χ0v) is 9.05. The quantitative estimate of drug-likeness (QED) is 0.597. The third kappa shape index (κ3) is 1.26. The second kappa shape index (κ2) is 2.71. The third-order valence-corrected chi connectivity index (χ3v) is 2.44. The van der Waals surface area contributed by atoms with E-state index in [2.05, 4.69) is 53.5 Å². The lowest BCUT2D eigenvalue weighted by atomic mass is 10.4. The van der Waals surface area contributed by atoms with Gasteiger partial charge in [-0.3, -0.25) is 0 Å². The lowest BCUT2D eigenvalue weighted by Gasteiger charge is -1.88. The molecule has 1 N–H and O–H groups in total. The predicted octanol–water partition coefficient (Wildman–Crippen LogP) is 2.32. The highest BCUT2D eigenvalue weighted by Gasteiger charge is 2.02. The second-order valence-electron chi connectivity index (χ2n) is 2.02. The molecule has 0 atom stereocenters. The van der Waals surface area contributed by atoms with E-state index in [1.54, 1.807) is 6.20 Å². The fraction of sp³-hybridized carbons (Fsp3) is 0. The first-order valence-electron chi connectivity index (χ1n) is 2.93. The number of aromatic nitrogens is 3. The van der Waals surface area contributed by atoms with Gasteiger partial charge in [-0.1, -0.05) is 0 Å². The number of H-pyrrole nitrogens is 1. The van der Waals surface area contributed by atoms with Crippen molar-refractivity contribution in [2.24, 2.45) is 0 Å². The minimum absolute atomic E-state index is 0.811. The van der Waals surface area contributed by atoms with Crippen LogP contribution in [0.1, 0.15) is 0 Å². The SMILES string of the molecule is Brc1nccc2nc(I)[nH]c12. The molecule has 0 aliphatic heterocycles. The Morgan fingerprint density at radius 2 is 2.36 bits per heavy atom. The van der Waals surface area contributed by atoms with Crippen molar-refractivity contribution in [3.05, 3.63) is 20.7 Å². The molecule has 0 saturated heterocycles. The van der Waals surface area contributed by atoms with Gasteiger partial charge >= 0.3 is 0 Å². The van der Waals surface area contributed by atoms with Crippen molar-refractivity contribution in [2.75, 3.05) is 0 Å². The van der Waals surface area contributed by atoms with E-state index in [1.165, 1.54) is 0 Å². The average Bonchev–Trinajstić information content (AvgIpc) is 2.31. The molecule has 0 aromatic carbocycles. The van der Waals surface area contributed by atoms with Crippen LogP contribution in [0.2, 0.25) is 0 Å². The number of aromatic amines is 1. The summed E-state index contributed by atoms with van der Waals surface area (Å²) in [6, 6.07) is 1.87. The average molecular weight is 324 g/mol. The molecule has 2 rings (SSSR count). The molecule has 0 bridgehead atoms. The molecule has 2 heterocycles. The molecule has 0 amide bonds. The van der Waals surface area contributed by atoms with Gasteiger partial charge < -0.3 is 4.98 Å². The Morgan fingerprint density at radius 3 is 3.09 bits per heavy atom. The Hall–Kier alpha value is -0.170. The number of imidazole rings is 1. The molecule has 0 aliphatic rings. The van der Waals surface area contributed by atoms with Gasteiger partial charge in [-0.2, -0.15) is 0 Å². The Balaban J connectivity index is 2.90. The molecule has 0 spiro atoms. The molecular formula is C6H3BrIN3. The molecule has 2 aromatic heterocycles. The van der Waals surface area contributed by atoms with Gasteiger partial charge in [-0.15, -0.1) is 0 Å². The third-order valence-electron chi connectivity index (χ3n) is 1.33. The van der Waals surface area contributed by atoms with Crippen LogP contribution in [-0.2, 0) is 0 Å². The zero-order valence-electron chi connectivity index (χ0n) is 5.31. The van der Waals surface area contributed by atoms with Crippen LogP contribution in [0.4, 0.5) is 0 Å². The van der Waals surface area contributed by atoms with Crippen LogP contribution in [0.15, 0.2) is 16.9 Å². The van der Waals surface area contributed by atoms with Crippen molar-refractivity contribution < 1.29 is 0 Å². The fourth-order valence-electron chi connectivity index (χ4n) is 0.873. The van der Waals surface area contributed by atoms with Crippen LogP contribution in [0, 0.1) is 3.83 Å². The largest absolute Gasteiger partial charge is 0.331 e. The van der Waals surface area contributed by atoms with E-state index in [9.17, 15) is 0 Å². The summed E-state index contributed by atoms with van der Waals surface area (Å²) < 4.78 is 1.69. The zero-order chi connectivity index (χ0) is 7.84. The molecule has 56 valence electrons. The molecule has 0 saturated carbocycles. The summed E-state index contributed by atoms with van der Waals surface area (Å²) in [7, 11) is 0. The van der Waals surface area contributed by atoms with E-state index in [1.807, 2.05) is 6.07 Å². The minimum atomic E-state index is 0.811. The maximum atomic E-state index is 4.24. The van der Waals surface area contributed by atoms with Crippen LogP contribution in [-0.4, -0.2) is 15.0 Å². The number of rotatable bonds is 0. The maximum Gasteiger partial charge on any atom is 0.169 e. The molecule has 11 heavy (non-hydrogen) atoms. The maximum absolute atomic E-state index is 4.24. The number of nitrogens with zero attached hydrogens (tertiary/aromatic N) is 2. The Morgan fingerprint density at radius 1 is 1.55 bits per heavy atom. The number of pyridine rings is 1. The first-order valence-corrected chi connectivity index (χ1v) is 4.80. The highest BCUT2D eigenvalue weighted by molar-refractivity contribution is 14.1. The van der Waals surface area contributed by atoms with Crippen molar-refractivity contribution in [3.63, 3.8) is 0 Å². The first-order chi connectivity index (χ1) is 5.27. The van der Waals surface area contributed by atoms with Crippen molar-refractivity contribution in [1.82, 2.24) is 15.0 Å². The first kappa shape index (κ1) is 7.48. The molecule has 0 aliphatic carbocycles. The van der Waals surface area contributed by atoms with Crippen LogP contribution < -0.4 is 0 Å². The van der Waals surface area contributed by atoms with Crippen LogP contribution in [0.3, 0.4) is 0 Å². The molecule has 0 fully saturated rings. The minimum Gasteiger partial charge on any atom is -0.331 e. The molecule has 0 radical (unpaired) electrons. The van der Waals surface area contributed by atoms with E-state index in [0.29, 0.717) is 0 Å². The molecule has 2 aromatic rings. The van der Waals surface area contributed by atoms with Gasteiger partial charge in [0.1, 0.15) is 4.60 Å². The van der Waals surface area contributed by atoms with E-state index >= 15 is 0 Å². The lowest BCUT2D eigenvalue weighted by molar-refractivity contribution is 1.25. The van der Waals surface area contributed by atoms with Crippen molar-refractivity contribution >= 4 is 49.6 Å². The molecule has 0 unspecified atom stereocenters. The molecule has 5 heteroatoms. The van der Waals surface area contributed by atoms with Gasteiger partial charge in [0, 0.05) is 6.20 Å². The van der Waals surface area contributed by atoms with Gasteiger partial charge in [-0.05, 0) is 44.6 Å². The summed E-state index contributed by atoms with van der Waals surface area (Å²) in [6.45, 7) is 0. The van der Waals surface area contributed by atoms with E-state index in [4.69, 9.17) is 0 Å². The summed E-state index contributed by atoms with van der Waals surface area (Å²) in [4.78, 5) is 11.4. The summed E-state index contributed by atoms with van der Waals surface area (Å²) in [5, 5.41) is 0. The van der Waals surface area contributed by atoms with Crippen molar-refractivity contribution in [2.45, 2.75) is 0 Å². The number of hydrogen-bond acceptors (Lipinski definition) is 2.